The van der Waals surface area contributed by atoms with Crippen molar-refractivity contribution in [1.82, 2.24) is 9.55 Å². The maximum absolute atomic E-state index is 13.0. The number of methoxy groups -OCH3 is 1. The molecule has 1 aromatic heterocycles. The predicted octanol–water partition coefficient (Wildman–Crippen LogP) is 4.20. The number of anilines is 2. The van der Waals surface area contributed by atoms with Gasteiger partial charge in [0.2, 0.25) is 0 Å². The summed E-state index contributed by atoms with van der Waals surface area (Å²) >= 11 is 6.20. The highest BCUT2D eigenvalue weighted by Crippen LogP contribution is 2.39. The number of benzene rings is 1. The molecule has 1 saturated carbocycles. The van der Waals surface area contributed by atoms with Gasteiger partial charge < -0.3 is 19.4 Å². The fourth-order valence-electron chi connectivity index (χ4n) is 3.26. The molecule has 6 nitrogen and oxygen atoms in total. The number of hydrogen-bond acceptors (Lipinski definition) is 5. The summed E-state index contributed by atoms with van der Waals surface area (Å²) in [5.41, 5.74) is 2.16. The van der Waals surface area contributed by atoms with Crippen LogP contribution in [0.25, 0.3) is 0 Å². The molecule has 3 rings (SSSR count). The third-order valence-corrected chi connectivity index (χ3v) is 5.05. The first kappa shape index (κ1) is 20.6. The molecule has 0 radical (unpaired) electrons. The van der Waals surface area contributed by atoms with Crippen molar-refractivity contribution in [3.63, 3.8) is 0 Å². The summed E-state index contributed by atoms with van der Waals surface area (Å²) < 4.78 is 24.7. The highest BCUT2D eigenvalue weighted by Gasteiger charge is 2.33. The Hall–Kier alpha value is -2.12. The molecule has 152 valence electrons. The Kier molecular flexibility index (Phi) is 6.57. The van der Waals surface area contributed by atoms with Crippen LogP contribution in [0.4, 0.5) is 15.9 Å². The minimum atomic E-state index is -0.548. The quantitative estimate of drug-likeness (QED) is 0.672. The number of ether oxygens (including phenoxy) is 2. The smallest absolute Gasteiger partial charge is 0.294 e. The molecular weight excluding hydrogens is 385 g/mol. The van der Waals surface area contributed by atoms with Crippen LogP contribution in [0, 0.1) is 19.8 Å². The van der Waals surface area contributed by atoms with E-state index < -0.39 is 6.67 Å². The van der Waals surface area contributed by atoms with Crippen LogP contribution >= 0.6 is 11.6 Å². The third-order valence-electron chi connectivity index (χ3n) is 4.87. The average Bonchev–Trinajstić information content (AvgIpc) is 3.49. The Morgan fingerprint density at radius 2 is 2.11 bits per heavy atom. The summed E-state index contributed by atoms with van der Waals surface area (Å²) in [5, 5.41) is 3.34. The lowest BCUT2D eigenvalue weighted by atomic mass is 10.1. The first-order valence-corrected chi connectivity index (χ1v) is 9.67. The van der Waals surface area contributed by atoms with Crippen molar-refractivity contribution >= 4 is 23.1 Å². The maximum atomic E-state index is 13.0. The Morgan fingerprint density at radius 3 is 2.75 bits per heavy atom. The van der Waals surface area contributed by atoms with Crippen molar-refractivity contribution < 1.29 is 13.9 Å². The average molecular weight is 410 g/mol. The number of aromatic nitrogens is 2. The largest absolute Gasteiger partial charge is 0.491 e. The summed E-state index contributed by atoms with van der Waals surface area (Å²) in [4.78, 5) is 17.2. The number of nitrogens with zero attached hydrogens (tertiary/aromatic N) is 2. The lowest BCUT2D eigenvalue weighted by molar-refractivity contribution is 0.143. The van der Waals surface area contributed by atoms with E-state index in [1.807, 2.05) is 26.0 Å². The third kappa shape index (κ3) is 4.64. The van der Waals surface area contributed by atoms with Gasteiger partial charge in [0.05, 0.1) is 12.6 Å². The van der Waals surface area contributed by atoms with E-state index in [1.54, 1.807) is 17.9 Å². The van der Waals surface area contributed by atoms with Gasteiger partial charge in [0, 0.05) is 19.0 Å². The van der Waals surface area contributed by atoms with Gasteiger partial charge in [0.1, 0.15) is 24.2 Å². The van der Waals surface area contributed by atoms with Crippen molar-refractivity contribution in [3.8, 4) is 5.75 Å². The number of hydrogen-bond donors (Lipinski definition) is 1. The molecule has 0 bridgehead atoms. The van der Waals surface area contributed by atoms with Crippen LogP contribution in [-0.2, 0) is 4.74 Å². The van der Waals surface area contributed by atoms with Gasteiger partial charge in [-0.15, -0.1) is 0 Å². The van der Waals surface area contributed by atoms with Crippen LogP contribution in [0.1, 0.15) is 30.0 Å². The van der Waals surface area contributed by atoms with Crippen molar-refractivity contribution in [2.45, 2.75) is 32.7 Å². The second-order valence-corrected chi connectivity index (χ2v) is 7.47. The normalized spacial score (nSPS) is 14.8. The SMILES string of the molecule is COC[C@@H](C1CC1)n1cc(Cl)nc(Nc2cc(C)c(OCCF)cc2C)c1=O. The molecule has 0 spiro atoms. The highest BCUT2D eigenvalue weighted by atomic mass is 35.5. The monoisotopic (exact) mass is 409 g/mol. The van der Waals surface area contributed by atoms with Gasteiger partial charge in [-0.25, -0.2) is 9.37 Å². The molecule has 1 N–H and O–H groups in total. The second-order valence-electron chi connectivity index (χ2n) is 7.08. The molecule has 1 atom stereocenters. The molecule has 2 aromatic rings. The fourth-order valence-corrected chi connectivity index (χ4v) is 3.45. The van der Waals surface area contributed by atoms with Crippen molar-refractivity contribution in [2.24, 2.45) is 5.92 Å². The molecule has 0 unspecified atom stereocenters. The molecule has 8 heteroatoms. The van der Waals surface area contributed by atoms with E-state index in [9.17, 15) is 9.18 Å². The Balaban J connectivity index is 1.92. The zero-order valence-electron chi connectivity index (χ0n) is 16.3. The second kappa shape index (κ2) is 8.92. The van der Waals surface area contributed by atoms with Crippen molar-refractivity contribution in [2.75, 3.05) is 32.3 Å². The minimum absolute atomic E-state index is 0.00959. The van der Waals surface area contributed by atoms with Crippen LogP contribution in [0.2, 0.25) is 5.15 Å². The number of aryl methyl sites for hydroxylation is 2. The van der Waals surface area contributed by atoms with E-state index in [0.29, 0.717) is 18.3 Å². The highest BCUT2D eigenvalue weighted by molar-refractivity contribution is 6.29. The molecule has 1 aromatic carbocycles. The van der Waals surface area contributed by atoms with E-state index >= 15 is 0 Å². The zero-order valence-corrected chi connectivity index (χ0v) is 17.1. The lowest BCUT2D eigenvalue weighted by Crippen LogP contribution is -2.30. The summed E-state index contributed by atoms with van der Waals surface area (Å²) in [6.45, 7) is 3.65. The summed E-state index contributed by atoms with van der Waals surface area (Å²) in [6.07, 6.45) is 3.71. The molecule has 1 aliphatic carbocycles. The Bertz CT molecular complexity index is 899. The molecule has 0 amide bonds. The van der Waals surface area contributed by atoms with Crippen molar-refractivity contribution in [3.05, 3.63) is 45.0 Å². The number of halogens is 2. The van der Waals surface area contributed by atoms with Gasteiger partial charge >= 0.3 is 0 Å². The molecule has 28 heavy (non-hydrogen) atoms. The van der Waals surface area contributed by atoms with E-state index in [1.165, 1.54) is 0 Å². The molecular formula is C20H25ClFN3O3. The van der Waals surface area contributed by atoms with Gasteiger partial charge in [-0.3, -0.25) is 4.79 Å². The number of rotatable bonds is 9. The molecule has 0 saturated heterocycles. The van der Waals surface area contributed by atoms with Crippen LogP contribution < -0.4 is 15.6 Å². The van der Waals surface area contributed by atoms with Gasteiger partial charge in [-0.05, 0) is 55.9 Å². The summed E-state index contributed by atoms with van der Waals surface area (Å²) in [7, 11) is 1.63. The van der Waals surface area contributed by atoms with E-state index in [-0.39, 0.29) is 29.2 Å². The predicted molar refractivity (Wildman–Crippen MR) is 108 cm³/mol. The van der Waals surface area contributed by atoms with Gasteiger partial charge in [-0.1, -0.05) is 11.6 Å². The van der Waals surface area contributed by atoms with Crippen LogP contribution in [0.5, 0.6) is 5.75 Å². The first-order valence-electron chi connectivity index (χ1n) is 9.29. The minimum Gasteiger partial charge on any atom is -0.491 e. The maximum Gasteiger partial charge on any atom is 0.294 e. The number of alkyl halides is 1. The topological polar surface area (TPSA) is 65.4 Å². The first-order chi connectivity index (χ1) is 13.4. The standard InChI is InChI=1S/C20H25ClFN3O3/c1-12-9-17(28-7-6-22)13(2)8-15(12)23-19-20(26)25(10-18(21)24-19)16(11-27-3)14-4-5-14/h8-10,14,16H,4-7,11H2,1-3H3,(H,23,24)/t16-/m0/s1. The number of nitrogens with one attached hydrogen (secondary N) is 1. The molecule has 1 aliphatic rings. The lowest BCUT2D eigenvalue weighted by Gasteiger charge is -2.20. The summed E-state index contributed by atoms with van der Waals surface area (Å²) in [5.74, 6) is 1.19. The van der Waals surface area contributed by atoms with Gasteiger partial charge in [-0.2, -0.15) is 0 Å². The fraction of sp³-hybridized carbons (Fsp3) is 0.500. The Labute approximate surface area is 168 Å². The van der Waals surface area contributed by atoms with Crippen molar-refractivity contribution in [1.29, 1.82) is 0 Å². The zero-order chi connectivity index (χ0) is 20.3. The van der Waals surface area contributed by atoms with E-state index in [2.05, 4.69) is 10.3 Å². The van der Waals surface area contributed by atoms with Crippen LogP contribution in [0.3, 0.4) is 0 Å². The van der Waals surface area contributed by atoms with E-state index in [4.69, 9.17) is 21.1 Å². The van der Waals surface area contributed by atoms with Crippen LogP contribution in [0.15, 0.2) is 23.1 Å². The molecule has 0 aliphatic heterocycles. The van der Waals surface area contributed by atoms with Crippen LogP contribution in [-0.4, -0.2) is 36.5 Å². The van der Waals surface area contributed by atoms with Gasteiger partial charge in [0.25, 0.3) is 5.56 Å². The van der Waals surface area contributed by atoms with Gasteiger partial charge in [0.15, 0.2) is 5.82 Å². The Morgan fingerprint density at radius 1 is 1.36 bits per heavy atom. The van der Waals surface area contributed by atoms with E-state index in [0.717, 1.165) is 29.7 Å². The summed E-state index contributed by atoms with van der Waals surface area (Å²) in [6, 6.07) is 3.61. The molecule has 1 heterocycles. The molecule has 1 fully saturated rings.